The minimum absolute atomic E-state index is 0.106. The van der Waals surface area contributed by atoms with Crippen LogP contribution in [0, 0.1) is 11.6 Å². The molecule has 0 saturated carbocycles. The van der Waals surface area contributed by atoms with Crippen molar-refractivity contribution in [2.24, 2.45) is 0 Å². The summed E-state index contributed by atoms with van der Waals surface area (Å²) < 4.78 is 51.8. The molecule has 0 aliphatic rings. The normalized spacial score (nSPS) is 10.9. The highest BCUT2D eigenvalue weighted by Crippen LogP contribution is 2.39. The number of hydrogen-bond donors (Lipinski definition) is 1. The van der Waals surface area contributed by atoms with Crippen molar-refractivity contribution in [1.29, 1.82) is 0 Å². The Labute approximate surface area is 205 Å². The molecule has 2 aromatic carbocycles. The third kappa shape index (κ3) is 5.12. The van der Waals surface area contributed by atoms with Gasteiger partial charge in [-0.05, 0) is 32.0 Å². The van der Waals surface area contributed by atoms with E-state index in [1.54, 1.807) is 12.1 Å². The molecule has 0 unspecified atom stereocenters. The summed E-state index contributed by atoms with van der Waals surface area (Å²) in [6.07, 6.45) is 4.06. The Bertz CT molecular complexity index is 1410. The number of rotatable bonds is 8. The van der Waals surface area contributed by atoms with E-state index in [-0.39, 0.29) is 28.9 Å². The first kappa shape index (κ1) is 24.6. The number of fused-ring (bicyclic) bond motifs is 1. The molecule has 0 bridgehead atoms. The molecule has 0 atom stereocenters. The Morgan fingerprint density at radius 3 is 2.28 bits per heavy atom. The van der Waals surface area contributed by atoms with Gasteiger partial charge in [-0.25, -0.2) is 8.78 Å². The molecule has 0 aliphatic carbocycles. The average Bonchev–Trinajstić information content (AvgIpc) is 2.85. The van der Waals surface area contributed by atoms with E-state index < -0.39 is 23.3 Å². The standard InChI is InChI=1S/C26H23F2N3O5/c1-14(2)35-24-11-16-20(12-23(24)34-4)30-8-6-22(16)36-25-18(27)9-15(10-19(25)28)31-26(32)17-13-29-7-5-21(17)33-3/h5-14H,1-4H3,(H,31,32). The van der Waals surface area contributed by atoms with Gasteiger partial charge in [0.2, 0.25) is 0 Å². The van der Waals surface area contributed by atoms with Crippen LogP contribution >= 0.6 is 0 Å². The zero-order valence-electron chi connectivity index (χ0n) is 20.0. The highest BCUT2D eigenvalue weighted by Gasteiger charge is 2.19. The van der Waals surface area contributed by atoms with Crippen molar-refractivity contribution in [3.8, 4) is 28.7 Å². The van der Waals surface area contributed by atoms with Gasteiger partial charge in [-0.3, -0.25) is 14.8 Å². The fourth-order valence-electron chi connectivity index (χ4n) is 3.49. The molecule has 0 fully saturated rings. The minimum atomic E-state index is -1.01. The number of methoxy groups -OCH3 is 2. The van der Waals surface area contributed by atoms with Crippen LogP contribution in [-0.2, 0) is 0 Å². The molecule has 1 amide bonds. The molecule has 4 aromatic rings. The van der Waals surface area contributed by atoms with E-state index in [1.165, 1.54) is 44.9 Å². The number of halogens is 2. The van der Waals surface area contributed by atoms with Crippen molar-refractivity contribution in [2.75, 3.05) is 19.5 Å². The fraction of sp³-hybridized carbons (Fsp3) is 0.192. The Kier molecular flexibility index (Phi) is 7.14. The van der Waals surface area contributed by atoms with Gasteiger partial charge < -0.3 is 24.3 Å². The number of hydrogen-bond acceptors (Lipinski definition) is 7. The van der Waals surface area contributed by atoms with E-state index in [1.807, 2.05) is 13.8 Å². The van der Waals surface area contributed by atoms with Gasteiger partial charge in [-0.1, -0.05) is 0 Å². The van der Waals surface area contributed by atoms with Crippen molar-refractivity contribution in [2.45, 2.75) is 20.0 Å². The van der Waals surface area contributed by atoms with Gasteiger partial charge in [0.15, 0.2) is 28.9 Å². The van der Waals surface area contributed by atoms with E-state index in [4.69, 9.17) is 18.9 Å². The van der Waals surface area contributed by atoms with Crippen LogP contribution in [0.25, 0.3) is 10.9 Å². The molecular weight excluding hydrogens is 472 g/mol. The quantitative estimate of drug-likeness (QED) is 0.332. The molecule has 2 heterocycles. The van der Waals surface area contributed by atoms with Gasteiger partial charge in [0.25, 0.3) is 5.91 Å². The predicted molar refractivity (Wildman–Crippen MR) is 129 cm³/mol. The van der Waals surface area contributed by atoms with Gasteiger partial charge in [0.1, 0.15) is 11.5 Å². The lowest BCUT2D eigenvalue weighted by Gasteiger charge is -2.16. The Balaban J connectivity index is 1.65. The van der Waals surface area contributed by atoms with Crippen molar-refractivity contribution in [3.63, 3.8) is 0 Å². The number of ether oxygens (including phenoxy) is 4. The maximum absolute atomic E-state index is 15.0. The van der Waals surface area contributed by atoms with Crippen LogP contribution in [0.2, 0.25) is 0 Å². The van der Waals surface area contributed by atoms with Crippen LogP contribution < -0.4 is 24.3 Å². The predicted octanol–water partition coefficient (Wildman–Crippen LogP) is 5.76. The van der Waals surface area contributed by atoms with Gasteiger partial charge >= 0.3 is 0 Å². The number of anilines is 1. The molecular formula is C26H23F2N3O5. The van der Waals surface area contributed by atoms with Gasteiger partial charge in [-0.15, -0.1) is 0 Å². The Hall–Kier alpha value is -4.47. The van der Waals surface area contributed by atoms with E-state index >= 15 is 0 Å². The molecule has 0 spiro atoms. The van der Waals surface area contributed by atoms with Gasteiger partial charge in [0, 0.05) is 47.9 Å². The molecule has 0 radical (unpaired) electrons. The monoisotopic (exact) mass is 495 g/mol. The van der Waals surface area contributed by atoms with Gasteiger partial charge in [0.05, 0.1) is 31.4 Å². The number of amides is 1. The molecule has 186 valence electrons. The molecule has 0 saturated heterocycles. The number of nitrogens with zero attached hydrogens (tertiary/aromatic N) is 2. The molecule has 4 rings (SSSR count). The smallest absolute Gasteiger partial charge is 0.261 e. The highest BCUT2D eigenvalue weighted by molar-refractivity contribution is 6.06. The lowest BCUT2D eigenvalue weighted by atomic mass is 10.1. The second-order valence-corrected chi connectivity index (χ2v) is 7.90. The summed E-state index contributed by atoms with van der Waals surface area (Å²) in [5.74, 6) is -1.98. The zero-order chi connectivity index (χ0) is 25.8. The molecule has 2 aromatic heterocycles. The topological polar surface area (TPSA) is 91.8 Å². The number of nitrogens with one attached hydrogen (secondary N) is 1. The highest BCUT2D eigenvalue weighted by atomic mass is 19.1. The molecule has 10 heteroatoms. The summed E-state index contributed by atoms with van der Waals surface area (Å²) in [6.45, 7) is 3.72. The Morgan fingerprint density at radius 2 is 1.61 bits per heavy atom. The van der Waals surface area contributed by atoms with E-state index in [0.717, 1.165) is 12.1 Å². The second-order valence-electron chi connectivity index (χ2n) is 7.90. The lowest BCUT2D eigenvalue weighted by molar-refractivity contribution is 0.102. The average molecular weight is 495 g/mol. The van der Waals surface area contributed by atoms with Crippen LogP contribution in [0.4, 0.5) is 14.5 Å². The Morgan fingerprint density at radius 1 is 0.917 bits per heavy atom. The van der Waals surface area contributed by atoms with E-state index in [9.17, 15) is 13.6 Å². The zero-order valence-corrected chi connectivity index (χ0v) is 20.0. The number of pyridine rings is 2. The molecule has 8 nitrogen and oxygen atoms in total. The first-order valence-electron chi connectivity index (χ1n) is 10.9. The second kappa shape index (κ2) is 10.4. The number of carbonyl (C=O) groups is 1. The maximum atomic E-state index is 15.0. The number of benzene rings is 2. The largest absolute Gasteiger partial charge is 0.496 e. The van der Waals surface area contributed by atoms with Crippen LogP contribution in [0.15, 0.2) is 55.0 Å². The third-order valence-electron chi connectivity index (χ3n) is 5.06. The maximum Gasteiger partial charge on any atom is 0.261 e. The van der Waals surface area contributed by atoms with Gasteiger partial charge in [-0.2, -0.15) is 0 Å². The third-order valence-corrected chi connectivity index (χ3v) is 5.06. The minimum Gasteiger partial charge on any atom is -0.496 e. The fourth-order valence-corrected chi connectivity index (χ4v) is 3.49. The first-order valence-corrected chi connectivity index (χ1v) is 10.9. The van der Waals surface area contributed by atoms with Crippen LogP contribution in [0.5, 0.6) is 28.7 Å². The van der Waals surface area contributed by atoms with Crippen molar-refractivity contribution < 1.29 is 32.5 Å². The van der Waals surface area contributed by atoms with Crippen molar-refractivity contribution in [1.82, 2.24) is 9.97 Å². The SMILES string of the molecule is COc1cc2nccc(Oc3c(F)cc(NC(=O)c4cnccc4OC)cc3F)c2cc1OC(C)C. The van der Waals surface area contributed by atoms with Crippen LogP contribution in [-0.4, -0.2) is 36.2 Å². The summed E-state index contributed by atoms with van der Waals surface area (Å²) in [4.78, 5) is 20.7. The summed E-state index contributed by atoms with van der Waals surface area (Å²) in [7, 11) is 2.90. The first-order chi connectivity index (χ1) is 17.3. The summed E-state index contributed by atoms with van der Waals surface area (Å²) in [5, 5.41) is 2.91. The lowest BCUT2D eigenvalue weighted by Crippen LogP contribution is -2.14. The summed E-state index contributed by atoms with van der Waals surface area (Å²) >= 11 is 0. The van der Waals surface area contributed by atoms with E-state index in [2.05, 4.69) is 15.3 Å². The van der Waals surface area contributed by atoms with E-state index in [0.29, 0.717) is 22.4 Å². The molecule has 36 heavy (non-hydrogen) atoms. The summed E-state index contributed by atoms with van der Waals surface area (Å²) in [6, 6.07) is 8.19. The summed E-state index contributed by atoms with van der Waals surface area (Å²) in [5.41, 5.74) is 0.486. The number of aromatic nitrogens is 2. The van der Waals surface area contributed by atoms with Crippen molar-refractivity contribution in [3.05, 3.63) is 72.2 Å². The van der Waals surface area contributed by atoms with Crippen molar-refractivity contribution >= 4 is 22.5 Å². The van der Waals surface area contributed by atoms with Crippen LogP contribution in [0.3, 0.4) is 0 Å². The molecule has 1 N–H and O–H groups in total. The van der Waals surface area contributed by atoms with Crippen LogP contribution in [0.1, 0.15) is 24.2 Å². The molecule has 0 aliphatic heterocycles. The number of carbonyl (C=O) groups excluding carboxylic acids is 1.